The number of aromatic nitrogens is 2. The van der Waals surface area contributed by atoms with Crippen molar-refractivity contribution < 1.29 is 4.79 Å². The summed E-state index contributed by atoms with van der Waals surface area (Å²) in [6.07, 6.45) is 8.08. The van der Waals surface area contributed by atoms with Gasteiger partial charge in [0.1, 0.15) is 0 Å². The topological polar surface area (TPSA) is 55.5 Å². The monoisotopic (exact) mass is 373 g/mol. The summed E-state index contributed by atoms with van der Waals surface area (Å²) in [5.74, 6) is 0.674. The van der Waals surface area contributed by atoms with Crippen molar-refractivity contribution in [1.29, 1.82) is 0 Å². The fourth-order valence-corrected chi connectivity index (χ4v) is 5.09. The molecule has 0 aromatic carbocycles. The molecule has 4 rings (SSSR count). The minimum absolute atomic E-state index is 0.243. The minimum atomic E-state index is 0.243. The molecule has 0 saturated carbocycles. The molecule has 1 aromatic heterocycles. The van der Waals surface area contributed by atoms with Crippen molar-refractivity contribution in [2.75, 3.05) is 39.3 Å². The number of hydrogen-bond acceptors (Lipinski definition) is 4. The molecule has 0 bridgehead atoms. The first-order chi connectivity index (χ1) is 13.2. The lowest BCUT2D eigenvalue weighted by atomic mass is 9.93. The Hall–Kier alpha value is -1.40. The number of likely N-dealkylation sites (tertiary alicyclic amines) is 3. The zero-order valence-corrected chi connectivity index (χ0v) is 16.8. The van der Waals surface area contributed by atoms with Crippen LogP contribution in [0.25, 0.3) is 0 Å². The average molecular weight is 374 g/mol. The van der Waals surface area contributed by atoms with E-state index in [2.05, 4.69) is 37.9 Å². The highest BCUT2D eigenvalue weighted by atomic mass is 16.2. The van der Waals surface area contributed by atoms with Crippen LogP contribution in [-0.4, -0.2) is 76.1 Å². The van der Waals surface area contributed by atoms with Crippen molar-refractivity contribution in [3.8, 4) is 0 Å². The lowest BCUT2D eigenvalue weighted by Gasteiger charge is -2.42. The zero-order valence-electron chi connectivity index (χ0n) is 16.8. The zero-order chi connectivity index (χ0) is 18.6. The molecule has 27 heavy (non-hydrogen) atoms. The van der Waals surface area contributed by atoms with E-state index < -0.39 is 0 Å². The molecule has 3 saturated heterocycles. The molecule has 1 amide bonds. The largest absolute Gasteiger partial charge is 0.342 e. The fourth-order valence-electron chi connectivity index (χ4n) is 5.09. The highest BCUT2D eigenvalue weighted by Gasteiger charge is 2.34. The van der Waals surface area contributed by atoms with Gasteiger partial charge in [-0.15, -0.1) is 0 Å². The Morgan fingerprint density at radius 2 is 1.89 bits per heavy atom. The second kappa shape index (κ2) is 8.74. The number of aryl methyl sites for hydroxylation is 1. The van der Waals surface area contributed by atoms with Gasteiger partial charge in [-0.25, -0.2) is 0 Å². The maximum Gasteiger partial charge on any atom is 0.226 e. The van der Waals surface area contributed by atoms with Gasteiger partial charge in [0.25, 0.3) is 0 Å². The SMILES string of the molecule is CCc1cc(CN2CCC(N3CCC[C@H](C(=O)N4CCCC4)C3)CC2)[nH]n1. The summed E-state index contributed by atoms with van der Waals surface area (Å²) in [4.78, 5) is 20.1. The number of carbonyl (C=O) groups is 1. The molecule has 0 radical (unpaired) electrons. The van der Waals surface area contributed by atoms with Gasteiger partial charge in [0, 0.05) is 51.0 Å². The van der Waals surface area contributed by atoms with Gasteiger partial charge in [-0.2, -0.15) is 5.10 Å². The predicted molar refractivity (Wildman–Crippen MR) is 106 cm³/mol. The van der Waals surface area contributed by atoms with Crippen LogP contribution in [0.2, 0.25) is 0 Å². The van der Waals surface area contributed by atoms with Crippen LogP contribution < -0.4 is 0 Å². The first-order valence-corrected chi connectivity index (χ1v) is 11.0. The predicted octanol–water partition coefficient (Wildman–Crippen LogP) is 2.27. The van der Waals surface area contributed by atoms with Gasteiger partial charge in [0.15, 0.2) is 0 Å². The van der Waals surface area contributed by atoms with E-state index in [1.54, 1.807) is 0 Å². The van der Waals surface area contributed by atoms with Crippen molar-refractivity contribution in [2.45, 2.75) is 64.5 Å². The summed E-state index contributed by atoms with van der Waals surface area (Å²) in [5, 5.41) is 7.53. The summed E-state index contributed by atoms with van der Waals surface area (Å²) < 4.78 is 0. The van der Waals surface area contributed by atoms with Gasteiger partial charge >= 0.3 is 0 Å². The number of carbonyl (C=O) groups excluding carboxylic acids is 1. The lowest BCUT2D eigenvalue weighted by Crippen LogP contribution is -2.51. The molecule has 3 aliphatic heterocycles. The Balaban J connectivity index is 1.25. The van der Waals surface area contributed by atoms with Crippen molar-refractivity contribution >= 4 is 5.91 Å². The second-order valence-corrected chi connectivity index (χ2v) is 8.61. The molecule has 1 N–H and O–H groups in total. The van der Waals surface area contributed by atoms with Gasteiger partial charge < -0.3 is 4.90 Å². The van der Waals surface area contributed by atoms with E-state index in [0.29, 0.717) is 11.9 Å². The molecule has 6 nitrogen and oxygen atoms in total. The van der Waals surface area contributed by atoms with E-state index in [0.717, 1.165) is 57.8 Å². The lowest BCUT2D eigenvalue weighted by molar-refractivity contribution is -0.136. The number of aromatic amines is 1. The van der Waals surface area contributed by atoms with Crippen molar-refractivity contribution in [2.24, 2.45) is 5.92 Å². The molecule has 1 aromatic rings. The molecule has 1 atom stereocenters. The summed E-state index contributed by atoms with van der Waals surface area (Å²) in [5.41, 5.74) is 2.39. The number of rotatable bonds is 5. The van der Waals surface area contributed by atoms with E-state index in [-0.39, 0.29) is 5.92 Å². The summed E-state index contributed by atoms with van der Waals surface area (Å²) in [6.45, 7) is 9.55. The molecule has 0 unspecified atom stereocenters. The van der Waals surface area contributed by atoms with Crippen LogP contribution in [-0.2, 0) is 17.8 Å². The maximum absolute atomic E-state index is 12.8. The minimum Gasteiger partial charge on any atom is -0.342 e. The average Bonchev–Trinajstić information content (AvgIpc) is 3.40. The Morgan fingerprint density at radius 3 is 2.59 bits per heavy atom. The van der Waals surface area contributed by atoms with E-state index >= 15 is 0 Å². The van der Waals surface area contributed by atoms with E-state index in [9.17, 15) is 4.79 Å². The van der Waals surface area contributed by atoms with Crippen LogP contribution >= 0.6 is 0 Å². The third-order valence-electron chi connectivity index (χ3n) is 6.73. The van der Waals surface area contributed by atoms with Gasteiger partial charge in [0.05, 0.1) is 11.6 Å². The number of nitrogens with one attached hydrogen (secondary N) is 1. The van der Waals surface area contributed by atoms with Crippen LogP contribution in [0.3, 0.4) is 0 Å². The van der Waals surface area contributed by atoms with E-state index in [4.69, 9.17) is 0 Å². The molecule has 6 heteroatoms. The van der Waals surface area contributed by atoms with Crippen LogP contribution in [0.15, 0.2) is 6.07 Å². The molecule has 3 fully saturated rings. The molecular weight excluding hydrogens is 338 g/mol. The Kier molecular flexibility index (Phi) is 6.13. The second-order valence-electron chi connectivity index (χ2n) is 8.61. The number of nitrogens with zero attached hydrogens (tertiary/aromatic N) is 4. The molecule has 4 heterocycles. The van der Waals surface area contributed by atoms with Gasteiger partial charge in [-0.05, 0) is 57.6 Å². The van der Waals surface area contributed by atoms with E-state index in [1.165, 1.54) is 44.3 Å². The van der Waals surface area contributed by atoms with Crippen LogP contribution in [0.5, 0.6) is 0 Å². The normalized spacial score (nSPS) is 26.0. The summed E-state index contributed by atoms with van der Waals surface area (Å²) in [6, 6.07) is 2.86. The highest BCUT2D eigenvalue weighted by Crippen LogP contribution is 2.26. The van der Waals surface area contributed by atoms with Crippen LogP contribution in [0.4, 0.5) is 0 Å². The van der Waals surface area contributed by atoms with Gasteiger partial charge in [0.2, 0.25) is 5.91 Å². The summed E-state index contributed by atoms with van der Waals surface area (Å²) >= 11 is 0. The standard InChI is InChI=1S/C21H35N5O/c1-2-18-14-19(23-22-18)16-24-12-7-20(8-13-24)26-11-5-6-17(15-26)21(27)25-9-3-4-10-25/h14,17,20H,2-13,15-16H2,1H3,(H,22,23)/t17-/m0/s1. The molecule has 0 spiro atoms. The van der Waals surface area contributed by atoms with Crippen molar-refractivity contribution in [1.82, 2.24) is 24.9 Å². The smallest absolute Gasteiger partial charge is 0.226 e. The van der Waals surface area contributed by atoms with Gasteiger partial charge in [-0.1, -0.05) is 6.92 Å². The number of piperidine rings is 2. The Labute approximate surface area is 163 Å². The molecular formula is C21H35N5O. The van der Waals surface area contributed by atoms with E-state index in [1.807, 2.05) is 0 Å². The number of H-pyrrole nitrogens is 1. The molecule has 150 valence electrons. The third-order valence-corrected chi connectivity index (χ3v) is 6.73. The van der Waals surface area contributed by atoms with Crippen molar-refractivity contribution in [3.63, 3.8) is 0 Å². The van der Waals surface area contributed by atoms with Crippen LogP contribution in [0.1, 0.15) is 56.8 Å². The number of hydrogen-bond donors (Lipinski definition) is 1. The molecule has 3 aliphatic rings. The fraction of sp³-hybridized carbons (Fsp3) is 0.810. The number of amides is 1. The third kappa shape index (κ3) is 4.54. The van der Waals surface area contributed by atoms with Crippen LogP contribution in [0, 0.1) is 5.92 Å². The summed E-state index contributed by atoms with van der Waals surface area (Å²) in [7, 11) is 0. The first kappa shape index (κ1) is 18.9. The Bertz CT molecular complexity index is 616. The first-order valence-electron chi connectivity index (χ1n) is 11.0. The maximum atomic E-state index is 12.8. The van der Waals surface area contributed by atoms with Gasteiger partial charge in [-0.3, -0.25) is 19.7 Å². The molecule has 0 aliphatic carbocycles. The Morgan fingerprint density at radius 1 is 1.11 bits per heavy atom. The van der Waals surface area contributed by atoms with Crippen molar-refractivity contribution in [3.05, 3.63) is 17.5 Å². The quantitative estimate of drug-likeness (QED) is 0.860. The highest BCUT2D eigenvalue weighted by molar-refractivity contribution is 5.79.